The van der Waals surface area contributed by atoms with Gasteiger partial charge in [0.1, 0.15) is 0 Å². The quantitative estimate of drug-likeness (QED) is 0.432. The molecule has 0 saturated heterocycles. The minimum absolute atomic E-state index is 0.0173. The summed E-state index contributed by atoms with van der Waals surface area (Å²) in [6.07, 6.45) is 11.4. The number of hydrogen-bond acceptors (Lipinski definition) is 2. The molecule has 0 amide bonds. The van der Waals surface area contributed by atoms with E-state index in [1.54, 1.807) is 0 Å². The predicted molar refractivity (Wildman–Crippen MR) is 131 cm³/mol. The molecule has 180 valence electrons. The van der Waals surface area contributed by atoms with Crippen LogP contribution in [0.25, 0.3) is 0 Å². The first kappa shape index (κ1) is 23.1. The van der Waals surface area contributed by atoms with E-state index in [4.69, 9.17) is 0 Å². The molecule has 5 aliphatic carbocycles. The molecule has 2 nitrogen and oxygen atoms in total. The molecule has 0 heterocycles. The van der Waals surface area contributed by atoms with Crippen LogP contribution in [-0.2, 0) is 4.79 Å². The number of aliphatic hydroxyl groups excluding tert-OH is 1. The van der Waals surface area contributed by atoms with Crippen molar-refractivity contribution in [3.8, 4) is 0 Å². The summed E-state index contributed by atoms with van der Waals surface area (Å²) in [5.74, 6) is 3.41. The zero-order valence-corrected chi connectivity index (χ0v) is 22.1. The van der Waals surface area contributed by atoms with Crippen molar-refractivity contribution >= 4 is 5.78 Å². The molecule has 10 atom stereocenters. The molecule has 0 aromatic rings. The van der Waals surface area contributed by atoms with Crippen molar-refractivity contribution in [1.29, 1.82) is 0 Å². The summed E-state index contributed by atoms with van der Waals surface area (Å²) in [6.45, 7) is 19.5. The van der Waals surface area contributed by atoms with E-state index in [1.807, 2.05) is 6.08 Å². The smallest absolute Gasteiger partial charge is 0.161 e. The lowest BCUT2D eigenvalue weighted by Gasteiger charge is -2.73. The zero-order chi connectivity index (χ0) is 23.5. The molecule has 2 heteroatoms. The van der Waals surface area contributed by atoms with Crippen LogP contribution in [0.15, 0.2) is 11.6 Å². The molecule has 0 radical (unpaired) electrons. The Morgan fingerprint density at radius 2 is 1.53 bits per heavy atom. The summed E-state index contributed by atoms with van der Waals surface area (Å²) < 4.78 is 0. The third-order valence-corrected chi connectivity index (χ3v) is 13.4. The number of aliphatic hydroxyl groups is 1. The normalized spacial score (nSPS) is 56.9. The van der Waals surface area contributed by atoms with Crippen molar-refractivity contribution in [2.24, 2.45) is 56.7 Å². The molecule has 5 rings (SSSR count). The van der Waals surface area contributed by atoms with Crippen LogP contribution >= 0.6 is 0 Å². The van der Waals surface area contributed by atoms with E-state index in [0.29, 0.717) is 45.7 Å². The standard InChI is InChI=1S/C30H48O2/c1-18-17-24(32)28(6)15-16-29(7)20(25(28)19(18)2)9-10-22-27(5)13-12-23(31)26(3,4)21(27)11-14-30(22,29)8/h17,19-23,25,31H,9-16H2,1-8H3. The van der Waals surface area contributed by atoms with Crippen LogP contribution in [0.5, 0.6) is 0 Å². The second-order valence-corrected chi connectivity index (χ2v) is 14.5. The van der Waals surface area contributed by atoms with E-state index in [2.05, 4.69) is 55.4 Å². The first-order valence-corrected chi connectivity index (χ1v) is 13.6. The second-order valence-electron chi connectivity index (χ2n) is 14.5. The molecule has 4 fully saturated rings. The number of fused-ring (bicyclic) bond motifs is 7. The summed E-state index contributed by atoms with van der Waals surface area (Å²) in [4.78, 5) is 13.3. The van der Waals surface area contributed by atoms with Crippen molar-refractivity contribution in [3.05, 3.63) is 11.6 Å². The average molecular weight is 441 g/mol. The van der Waals surface area contributed by atoms with Gasteiger partial charge in [-0.1, -0.05) is 54.0 Å². The zero-order valence-electron chi connectivity index (χ0n) is 22.1. The number of ketones is 1. The first-order chi connectivity index (χ1) is 14.7. The van der Waals surface area contributed by atoms with Gasteiger partial charge in [-0.25, -0.2) is 0 Å². The van der Waals surface area contributed by atoms with Crippen LogP contribution in [0, 0.1) is 56.7 Å². The van der Waals surface area contributed by atoms with E-state index in [1.165, 1.54) is 44.1 Å². The first-order valence-electron chi connectivity index (χ1n) is 13.6. The lowest BCUT2D eigenvalue weighted by atomic mass is 9.31. The molecule has 0 aliphatic heterocycles. The van der Waals surface area contributed by atoms with Crippen LogP contribution in [0.3, 0.4) is 0 Å². The van der Waals surface area contributed by atoms with Gasteiger partial charge in [-0.05, 0) is 116 Å². The van der Waals surface area contributed by atoms with Gasteiger partial charge in [-0.15, -0.1) is 0 Å². The Bertz CT molecular complexity index is 855. The molecule has 10 unspecified atom stereocenters. The van der Waals surface area contributed by atoms with E-state index < -0.39 is 0 Å². The van der Waals surface area contributed by atoms with E-state index in [9.17, 15) is 9.90 Å². The second kappa shape index (κ2) is 6.73. The van der Waals surface area contributed by atoms with Gasteiger partial charge in [-0.2, -0.15) is 0 Å². The summed E-state index contributed by atoms with van der Waals surface area (Å²) in [6, 6.07) is 0. The molecular formula is C30H48O2. The molecule has 1 N–H and O–H groups in total. The summed E-state index contributed by atoms with van der Waals surface area (Å²) in [7, 11) is 0. The number of rotatable bonds is 0. The van der Waals surface area contributed by atoms with Crippen LogP contribution in [-0.4, -0.2) is 17.0 Å². The summed E-state index contributed by atoms with van der Waals surface area (Å²) in [5, 5.41) is 10.9. The van der Waals surface area contributed by atoms with Crippen molar-refractivity contribution in [2.75, 3.05) is 0 Å². The van der Waals surface area contributed by atoms with Crippen molar-refractivity contribution < 1.29 is 9.90 Å². The highest BCUT2D eigenvalue weighted by Gasteiger charge is 2.70. The SMILES string of the molecule is CC1=CC(=O)C2(C)CCC3(C)C(CCC4C5(C)CCC(O)C(C)(C)C5CCC43C)C2C1C. The Kier molecular flexibility index (Phi) is 4.87. The Labute approximate surface area is 197 Å². The van der Waals surface area contributed by atoms with Gasteiger partial charge in [-0.3, -0.25) is 4.79 Å². The third kappa shape index (κ3) is 2.55. The van der Waals surface area contributed by atoms with E-state index in [0.717, 1.165) is 18.8 Å². The fourth-order valence-corrected chi connectivity index (χ4v) is 11.1. The lowest BCUT2D eigenvalue weighted by molar-refractivity contribution is -0.248. The Hall–Kier alpha value is -0.630. The molecule has 5 aliphatic rings. The largest absolute Gasteiger partial charge is 0.393 e. The maximum atomic E-state index is 13.3. The highest BCUT2D eigenvalue weighted by atomic mass is 16.3. The molecule has 0 aromatic carbocycles. The Morgan fingerprint density at radius 3 is 2.22 bits per heavy atom. The maximum Gasteiger partial charge on any atom is 0.161 e. The molecule has 0 bridgehead atoms. The number of carbonyl (C=O) groups is 1. The van der Waals surface area contributed by atoms with Crippen molar-refractivity contribution in [3.63, 3.8) is 0 Å². The van der Waals surface area contributed by atoms with Gasteiger partial charge in [0, 0.05) is 5.41 Å². The van der Waals surface area contributed by atoms with Crippen LogP contribution in [0.1, 0.15) is 107 Å². The summed E-state index contributed by atoms with van der Waals surface area (Å²) in [5.41, 5.74) is 2.13. The Balaban J connectivity index is 1.56. The molecule has 32 heavy (non-hydrogen) atoms. The van der Waals surface area contributed by atoms with Gasteiger partial charge in [0.15, 0.2) is 5.78 Å². The monoisotopic (exact) mass is 440 g/mol. The fourth-order valence-electron chi connectivity index (χ4n) is 11.1. The van der Waals surface area contributed by atoms with Crippen molar-refractivity contribution in [2.45, 2.75) is 113 Å². The predicted octanol–water partition coefficient (Wildman–Crippen LogP) is 7.20. The number of carbonyl (C=O) groups excluding carboxylic acids is 1. The van der Waals surface area contributed by atoms with Crippen LogP contribution in [0.2, 0.25) is 0 Å². The molecule has 4 saturated carbocycles. The molecular weight excluding hydrogens is 392 g/mol. The summed E-state index contributed by atoms with van der Waals surface area (Å²) >= 11 is 0. The van der Waals surface area contributed by atoms with Gasteiger partial charge in [0.05, 0.1) is 6.10 Å². The van der Waals surface area contributed by atoms with Crippen LogP contribution in [0.4, 0.5) is 0 Å². The van der Waals surface area contributed by atoms with Gasteiger partial charge in [0.25, 0.3) is 0 Å². The van der Waals surface area contributed by atoms with Gasteiger partial charge in [0.2, 0.25) is 0 Å². The highest BCUT2D eigenvalue weighted by molar-refractivity contribution is 5.96. The molecule has 0 aromatic heterocycles. The van der Waals surface area contributed by atoms with E-state index in [-0.39, 0.29) is 16.9 Å². The lowest BCUT2D eigenvalue weighted by Crippen LogP contribution is -2.67. The fraction of sp³-hybridized carbons (Fsp3) is 0.900. The van der Waals surface area contributed by atoms with E-state index >= 15 is 0 Å². The van der Waals surface area contributed by atoms with Gasteiger partial charge < -0.3 is 5.11 Å². The Morgan fingerprint density at radius 1 is 0.844 bits per heavy atom. The average Bonchev–Trinajstić information content (AvgIpc) is 2.71. The minimum atomic E-state index is -0.162. The molecule has 0 spiro atoms. The topological polar surface area (TPSA) is 37.3 Å². The maximum absolute atomic E-state index is 13.3. The van der Waals surface area contributed by atoms with Crippen molar-refractivity contribution in [1.82, 2.24) is 0 Å². The number of allylic oxidation sites excluding steroid dienone is 2. The third-order valence-electron chi connectivity index (χ3n) is 13.4. The minimum Gasteiger partial charge on any atom is -0.393 e. The van der Waals surface area contributed by atoms with Crippen LogP contribution < -0.4 is 0 Å². The number of hydrogen-bond donors (Lipinski definition) is 1. The van der Waals surface area contributed by atoms with Gasteiger partial charge >= 0.3 is 0 Å². The highest BCUT2D eigenvalue weighted by Crippen LogP contribution is 2.76.